The third kappa shape index (κ3) is 3.08. The molecule has 18 heavy (non-hydrogen) atoms. The predicted molar refractivity (Wildman–Crippen MR) is 74.1 cm³/mol. The first kappa shape index (κ1) is 13.0. The fourth-order valence-electron chi connectivity index (χ4n) is 1.84. The molecule has 5 nitrogen and oxygen atoms in total. The fourth-order valence-corrected chi connectivity index (χ4v) is 1.98. The lowest BCUT2D eigenvalue weighted by atomic mass is 10.2. The molecule has 1 aromatic heterocycles. The second kappa shape index (κ2) is 5.97. The van der Waals surface area contributed by atoms with Gasteiger partial charge in [-0.25, -0.2) is 0 Å². The largest absolute Gasteiger partial charge is 0.478 e. The molecule has 1 atom stereocenters. The lowest BCUT2D eigenvalue weighted by Crippen LogP contribution is -2.48. The Bertz CT molecular complexity index is 428. The Morgan fingerprint density at radius 3 is 3.22 bits per heavy atom. The molecule has 0 aromatic carbocycles. The van der Waals surface area contributed by atoms with E-state index in [-0.39, 0.29) is 6.10 Å². The monoisotopic (exact) mass is 267 g/mol. The van der Waals surface area contributed by atoms with Gasteiger partial charge in [0.25, 0.3) is 0 Å². The first-order valence-electron chi connectivity index (χ1n) is 5.96. The maximum Gasteiger partial charge on any atom is 0.215 e. The van der Waals surface area contributed by atoms with E-state index >= 15 is 0 Å². The highest BCUT2D eigenvalue weighted by molar-refractivity contribution is 7.80. The van der Waals surface area contributed by atoms with Crippen LogP contribution in [0, 0.1) is 0 Å². The number of rotatable bonds is 4. The molecular formula is C12H17N3O2S. The Kier molecular flexibility index (Phi) is 4.33. The molecule has 1 fully saturated rings. The zero-order chi connectivity index (χ0) is 13.0. The minimum Gasteiger partial charge on any atom is -0.478 e. The average molecular weight is 267 g/mol. The minimum absolute atomic E-state index is 0.203. The Morgan fingerprint density at radius 2 is 2.50 bits per heavy atom. The van der Waals surface area contributed by atoms with E-state index in [2.05, 4.69) is 9.88 Å². The number of nitrogens with zero attached hydrogens (tertiary/aromatic N) is 2. The van der Waals surface area contributed by atoms with E-state index in [4.69, 9.17) is 27.4 Å². The number of aromatic nitrogens is 1. The van der Waals surface area contributed by atoms with E-state index < -0.39 is 0 Å². The molecule has 0 bridgehead atoms. The third-order valence-corrected chi connectivity index (χ3v) is 2.97. The van der Waals surface area contributed by atoms with Crippen molar-refractivity contribution in [1.29, 1.82) is 0 Å². The van der Waals surface area contributed by atoms with Gasteiger partial charge in [0, 0.05) is 12.6 Å². The summed E-state index contributed by atoms with van der Waals surface area (Å²) in [6.07, 6.45) is -0.203. The number of morpholine rings is 1. The summed E-state index contributed by atoms with van der Waals surface area (Å²) >= 11 is 4.97. The van der Waals surface area contributed by atoms with E-state index in [1.54, 1.807) is 0 Å². The Hall–Kier alpha value is -1.40. The highest BCUT2D eigenvalue weighted by Gasteiger charge is 2.23. The lowest BCUT2D eigenvalue weighted by Gasteiger charge is -2.33. The Labute approximate surface area is 112 Å². The topological polar surface area (TPSA) is 60.6 Å². The molecule has 0 spiro atoms. The number of hydrogen-bond acceptors (Lipinski definition) is 5. The van der Waals surface area contributed by atoms with Crippen LogP contribution in [-0.4, -0.2) is 42.4 Å². The lowest BCUT2D eigenvalue weighted by molar-refractivity contribution is 0.0843. The summed E-state index contributed by atoms with van der Waals surface area (Å²) in [6, 6.07) is 5.72. The number of anilines is 1. The normalized spacial score (nSPS) is 19.6. The van der Waals surface area contributed by atoms with E-state index in [9.17, 15) is 0 Å². The minimum atomic E-state index is -0.203. The van der Waals surface area contributed by atoms with Crippen LogP contribution >= 0.6 is 12.2 Å². The summed E-state index contributed by atoms with van der Waals surface area (Å²) in [5.41, 5.74) is 5.62. The van der Waals surface area contributed by atoms with E-state index in [0.29, 0.717) is 30.6 Å². The molecule has 2 N–H and O–H groups in total. The summed E-state index contributed by atoms with van der Waals surface area (Å²) in [5, 5.41) is 0. The van der Waals surface area contributed by atoms with Crippen molar-refractivity contribution in [3.63, 3.8) is 0 Å². The Morgan fingerprint density at radius 1 is 1.67 bits per heavy atom. The van der Waals surface area contributed by atoms with Crippen molar-refractivity contribution in [2.45, 2.75) is 13.0 Å². The van der Waals surface area contributed by atoms with Crippen molar-refractivity contribution >= 4 is 23.0 Å². The van der Waals surface area contributed by atoms with E-state index in [1.807, 2.05) is 25.1 Å². The van der Waals surface area contributed by atoms with Crippen molar-refractivity contribution in [2.24, 2.45) is 5.73 Å². The molecule has 0 amide bonds. The summed E-state index contributed by atoms with van der Waals surface area (Å²) in [4.78, 5) is 6.94. The molecule has 1 unspecified atom stereocenters. The van der Waals surface area contributed by atoms with Crippen LogP contribution in [-0.2, 0) is 4.74 Å². The summed E-state index contributed by atoms with van der Waals surface area (Å²) in [7, 11) is 0. The predicted octanol–water partition coefficient (Wildman–Crippen LogP) is 0.972. The zero-order valence-electron chi connectivity index (χ0n) is 10.3. The molecule has 98 valence electrons. The number of ether oxygens (including phenoxy) is 2. The van der Waals surface area contributed by atoms with Gasteiger partial charge in [0.05, 0.1) is 19.8 Å². The van der Waals surface area contributed by atoms with Gasteiger partial charge in [-0.05, 0) is 13.0 Å². The van der Waals surface area contributed by atoms with Crippen LogP contribution in [0.1, 0.15) is 6.92 Å². The summed E-state index contributed by atoms with van der Waals surface area (Å²) in [5.74, 6) is 1.50. The van der Waals surface area contributed by atoms with Crippen molar-refractivity contribution in [3.8, 4) is 5.88 Å². The van der Waals surface area contributed by atoms with Crippen LogP contribution in [0.5, 0.6) is 5.88 Å². The van der Waals surface area contributed by atoms with Crippen molar-refractivity contribution < 1.29 is 9.47 Å². The molecule has 1 saturated heterocycles. The van der Waals surface area contributed by atoms with Crippen molar-refractivity contribution in [2.75, 3.05) is 31.2 Å². The van der Waals surface area contributed by atoms with E-state index in [1.165, 1.54) is 0 Å². The van der Waals surface area contributed by atoms with Crippen molar-refractivity contribution in [1.82, 2.24) is 4.98 Å². The second-order valence-corrected chi connectivity index (χ2v) is 4.45. The van der Waals surface area contributed by atoms with Gasteiger partial charge < -0.3 is 20.1 Å². The van der Waals surface area contributed by atoms with Gasteiger partial charge in [0.1, 0.15) is 16.9 Å². The molecule has 1 aromatic rings. The summed E-state index contributed by atoms with van der Waals surface area (Å²) in [6.45, 7) is 4.56. The Balaban J connectivity index is 2.10. The van der Waals surface area contributed by atoms with Gasteiger partial charge >= 0.3 is 0 Å². The molecule has 0 saturated carbocycles. The van der Waals surface area contributed by atoms with Gasteiger partial charge in [-0.15, -0.1) is 0 Å². The molecule has 2 rings (SSSR count). The van der Waals surface area contributed by atoms with Crippen LogP contribution in [0.3, 0.4) is 0 Å². The van der Waals surface area contributed by atoms with Crippen LogP contribution in [0.2, 0.25) is 0 Å². The SMILES string of the molecule is CCOc1cccc(N2CCOC(C(N)=S)C2)n1. The van der Waals surface area contributed by atoms with Crippen LogP contribution in [0.25, 0.3) is 0 Å². The number of nitrogens with two attached hydrogens (primary N) is 1. The molecule has 2 heterocycles. The molecule has 1 aliphatic rings. The average Bonchev–Trinajstić information content (AvgIpc) is 2.39. The number of pyridine rings is 1. The second-order valence-electron chi connectivity index (χ2n) is 3.97. The fraction of sp³-hybridized carbons (Fsp3) is 0.500. The van der Waals surface area contributed by atoms with Gasteiger partial charge in [-0.1, -0.05) is 18.3 Å². The standard InChI is InChI=1S/C12H17N3O2S/c1-2-16-11-5-3-4-10(14-11)15-6-7-17-9(8-15)12(13)18/h3-5,9H,2,6-8H2,1H3,(H2,13,18). The van der Waals surface area contributed by atoms with E-state index in [0.717, 1.165) is 12.4 Å². The van der Waals surface area contributed by atoms with Crippen LogP contribution in [0.4, 0.5) is 5.82 Å². The smallest absolute Gasteiger partial charge is 0.215 e. The van der Waals surface area contributed by atoms with Crippen LogP contribution in [0.15, 0.2) is 18.2 Å². The summed E-state index contributed by atoms with van der Waals surface area (Å²) < 4.78 is 10.9. The highest BCUT2D eigenvalue weighted by atomic mass is 32.1. The highest BCUT2D eigenvalue weighted by Crippen LogP contribution is 2.18. The van der Waals surface area contributed by atoms with Gasteiger partial charge in [-0.2, -0.15) is 4.98 Å². The maximum atomic E-state index is 5.62. The van der Waals surface area contributed by atoms with Gasteiger partial charge in [0.2, 0.25) is 5.88 Å². The molecule has 1 aliphatic heterocycles. The molecular weight excluding hydrogens is 250 g/mol. The maximum absolute atomic E-state index is 5.62. The quantitative estimate of drug-likeness (QED) is 0.820. The third-order valence-electron chi connectivity index (χ3n) is 2.71. The number of thiocarbonyl (C=S) groups is 1. The van der Waals surface area contributed by atoms with Crippen LogP contribution < -0.4 is 15.4 Å². The van der Waals surface area contributed by atoms with Gasteiger partial charge in [0.15, 0.2) is 0 Å². The molecule has 6 heteroatoms. The zero-order valence-corrected chi connectivity index (χ0v) is 11.2. The van der Waals surface area contributed by atoms with Crippen molar-refractivity contribution in [3.05, 3.63) is 18.2 Å². The first-order valence-corrected chi connectivity index (χ1v) is 6.37. The first-order chi connectivity index (χ1) is 8.70. The van der Waals surface area contributed by atoms with Gasteiger partial charge in [-0.3, -0.25) is 0 Å². The number of hydrogen-bond donors (Lipinski definition) is 1. The molecule has 0 radical (unpaired) electrons. The molecule has 0 aliphatic carbocycles.